The predicted octanol–water partition coefficient (Wildman–Crippen LogP) is 5.62. The van der Waals surface area contributed by atoms with E-state index in [1.54, 1.807) is 22.7 Å². The van der Waals surface area contributed by atoms with Crippen LogP contribution in [0.15, 0.2) is 63.7 Å². The molecule has 6 heteroatoms. The Balaban J connectivity index is 1.53. The molecule has 0 saturated heterocycles. The molecule has 29 heavy (non-hydrogen) atoms. The molecule has 150 valence electrons. The van der Waals surface area contributed by atoms with Gasteiger partial charge in [0.05, 0.1) is 9.75 Å². The van der Waals surface area contributed by atoms with Crippen LogP contribution in [0.1, 0.15) is 60.7 Å². The van der Waals surface area contributed by atoms with Gasteiger partial charge < -0.3 is 9.73 Å². The highest BCUT2D eigenvalue weighted by Gasteiger charge is 2.26. The molecule has 2 N–H and O–H groups in total. The van der Waals surface area contributed by atoms with Crippen LogP contribution in [0.4, 0.5) is 0 Å². The first-order chi connectivity index (χ1) is 14.2. The number of aromatic nitrogens is 2. The minimum atomic E-state index is 0.0584. The third-order valence-electron chi connectivity index (χ3n) is 5.05. The Bertz CT molecular complexity index is 991. The zero-order valence-corrected chi connectivity index (χ0v) is 18.4. The maximum Gasteiger partial charge on any atom is 0.274 e. The molecule has 0 saturated carbocycles. The Labute approximate surface area is 179 Å². The summed E-state index contributed by atoms with van der Waals surface area (Å²) in [6, 6.07) is 17.7. The predicted molar refractivity (Wildman–Crippen MR) is 119 cm³/mol. The second kappa shape index (κ2) is 9.48. The Morgan fingerprint density at radius 3 is 2.48 bits per heavy atom. The lowest BCUT2D eigenvalue weighted by molar-refractivity contribution is -0.725. The van der Waals surface area contributed by atoms with Crippen LogP contribution in [0.2, 0.25) is 0 Å². The summed E-state index contributed by atoms with van der Waals surface area (Å²) in [5.41, 5.74) is 2.71. The van der Waals surface area contributed by atoms with Crippen molar-refractivity contribution in [2.75, 3.05) is 0 Å². The molecule has 0 fully saturated rings. The van der Waals surface area contributed by atoms with E-state index in [0.717, 1.165) is 11.3 Å². The van der Waals surface area contributed by atoms with Gasteiger partial charge in [0.1, 0.15) is 6.04 Å². The molecule has 0 aliphatic rings. The van der Waals surface area contributed by atoms with Gasteiger partial charge in [-0.1, -0.05) is 49.7 Å². The summed E-state index contributed by atoms with van der Waals surface area (Å²) < 4.78 is 5.97. The van der Waals surface area contributed by atoms with Crippen LogP contribution in [0.3, 0.4) is 0 Å². The molecule has 0 spiro atoms. The van der Waals surface area contributed by atoms with Crippen LogP contribution in [0, 0.1) is 0 Å². The number of rotatable bonds is 9. The molecule has 3 heterocycles. The quantitative estimate of drug-likeness (QED) is 0.380. The van der Waals surface area contributed by atoms with Gasteiger partial charge in [0.25, 0.3) is 11.8 Å². The zero-order valence-electron chi connectivity index (χ0n) is 16.7. The average Bonchev–Trinajstić information content (AvgIpc) is 3.51. The maximum atomic E-state index is 5.97. The summed E-state index contributed by atoms with van der Waals surface area (Å²) >= 11 is 3.40. The highest BCUT2D eigenvalue weighted by atomic mass is 32.1. The first kappa shape index (κ1) is 20.0. The number of aryl methyl sites for hydroxylation is 1. The van der Waals surface area contributed by atoms with E-state index in [0.29, 0.717) is 11.8 Å². The van der Waals surface area contributed by atoms with Crippen molar-refractivity contribution < 1.29 is 9.73 Å². The second-order valence-corrected chi connectivity index (χ2v) is 9.17. The van der Waals surface area contributed by atoms with Crippen molar-refractivity contribution in [3.63, 3.8) is 0 Å². The Morgan fingerprint density at radius 2 is 1.79 bits per heavy atom. The third kappa shape index (κ3) is 4.83. The van der Waals surface area contributed by atoms with E-state index in [-0.39, 0.29) is 12.1 Å². The topological polar surface area (TPSA) is 55.5 Å². The maximum absolute atomic E-state index is 5.97. The Kier molecular flexibility index (Phi) is 6.54. The summed E-state index contributed by atoms with van der Waals surface area (Å²) in [7, 11) is 0. The van der Waals surface area contributed by atoms with Crippen LogP contribution >= 0.6 is 22.7 Å². The monoisotopic (exact) mass is 424 g/mol. The van der Waals surface area contributed by atoms with Gasteiger partial charge in [0.15, 0.2) is 6.04 Å². The molecule has 4 aromatic rings. The molecule has 0 amide bonds. The van der Waals surface area contributed by atoms with Crippen LogP contribution in [-0.4, -0.2) is 10.2 Å². The highest BCUT2D eigenvalue weighted by molar-refractivity contribution is 7.13. The van der Waals surface area contributed by atoms with E-state index in [1.165, 1.54) is 28.8 Å². The molecule has 0 radical (unpaired) electrons. The second-order valence-electron chi connectivity index (χ2n) is 7.24. The van der Waals surface area contributed by atoms with Gasteiger partial charge in [-0.15, -0.1) is 32.9 Å². The fourth-order valence-corrected chi connectivity index (χ4v) is 4.88. The molecule has 0 bridgehead atoms. The molecule has 1 aromatic carbocycles. The van der Waals surface area contributed by atoms with Gasteiger partial charge in [-0.3, -0.25) is 0 Å². The molecule has 0 unspecified atom stereocenters. The summed E-state index contributed by atoms with van der Waals surface area (Å²) in [5, 5.41) is 15.0. The van der Waals surface area contributed by atoms with Gasteiger partial charge in [-0.25, -0.2) is 0 Å². The molecule has 4 rings (SSSR count). The molecule has 0 aliphatic heterocycles. The fraction of sp³-hybridized carbons (Fsp3) is 0.304. The smallest absolute Gasteiger partial charge is 0.274 e. The fourth-order valence-electron chi connectivity index (χ4n) is 3.40. The van der Waals surface area contributed by atoms with Crippen molar-refractivity contribution in [3.8, 4) is 10.8 Å². The van der Waals surface area contributed by atoms with E-state index in [1.807, 2.05) is 17.5 Å². The average molecular weight is 425 g/mol. The standard InChI is InChI=1S/C23H25N3OS2/c1-3-4-7-17-10-12-18(13-11-17)21(19-8-5-14-28-19)24-16(2)22-25-26-23(27-22)20-9-6-15-29-20/h5-6,8-16,21,24H,3-4,7H2,1-2H3/p+1/t16-,21+/m1/s1. The van der Waals surface area contributed by atoms with E-state index in [4.69, 9.17) is 4.42 Å². The van der Waals surface area contributed by atoms with E-state index < -0.39 is 0 Å². The first-order valence-electron chi connectivity index (χ1n) is 10.1. The summed E-state index contributed by atoms with van der Waals surface area (Å²) in [4.78, 5) is 2.34. The highest BCUT2D eigenvalue weighted by Crippen LogP contribution is 2.27. The van der Waals surface area contributed by atoms with Crippen molar-refractivity contribution in [2.45, 2.75) is 45.2 Å². The van der Waals surface area contributed by atoms with Crippen LogP contribution in [0.25, 0.3) is 10.8 Å². The first-order valence-corrected chi connectivity index (χ1v) is 11.8. The van der Waals surface area contributed by atoms with E-state index in [2.05, 4.69) is 71.1 Å². The van der Waals surface area contributed by atoms with Gasteiger partial charge in [0, 0.05) is 5.56 Å². The van der Waals surface area contributed by atoms with Gasteiger partial charge >= 0.3 is 0 Å². The van der Waals surface area contributed by atoms with Crippen molar-refractivity contribution in [1.29, 1.82) is 0 Å². The van der Waals surface area contributed by atoms with E-state index >= 15 is 0 Å². The molecule has 3 aromatic heterocycles. The lowest BCUT2D eigenvalue weighted by Crippen LogP contribution is -2.85. The zero-order chi connectivity index (χ0) is 20.1. The normalized spacial score (nSPS) is 13.4. The third-order valence-corrected chi connectivity index (χ3v) is 6.86. The van der Waals surface area contributed by atoms with Crippen LogP contribution in [-0.2, 0) is 6.42 Å². The van der Waals surface area contributed by atoms with Crippen molar-refractivity contribution in [2.24, 2.45) is 0 Å². The van der Waals surface area contributed by atoms with Crippen LogP contribution in [0.5, 0.6) is 0 Å². The Morgan fingerprint density at radius 1 is 1.00 bits per heavy atom. The minimum Gasteiger partial charge on any atom is -0.414 e. The molecular formula is C23H26N3OS2+. The number of unbranched alkanes of at least 4 members (excludes halogenated alkanes) is 1. The summed E-state index contributed by atoms with van der Waals surface area (Å²) in [6.45, 7) is 4.36. The van der Waals surface area contributed by atoms with Crippen molar-refractivity contribution in [1.82, 2.24) is 10.2 Å². The lowest BCUT2D eigenvalue weighted by atomic mass is 10.0. The SMILES string of the molecule is CCCCc1ccc([C@H]([NH2+][C@H](C)c2nnc(-c3cccs3)o2)c2cccs2)cc1. The summed E-state index contributed by atoms with van der Waals surface area (Å²) in [5.74, 6) is 1.26. The molecule has 2 atom stereocenters. The number of quaternary nitrogens is 1. The number of nitrogens with two attached hydrogens (primary N) is 1. The minimum absolute atomic E-state index is 0.0584. The number of thiophene rings is 2. The molecular weight excluding hydrogens is 398 g/mol. The van der Waals surface area contributed by atoms with Gasteiger partial charge in [-0.2, -0.15) is 0 Å². The molecule has 0 aliphatic carbocycles. The van der Waals surface area contributed by atoms with E-state index in [9.17, 15) is 0 Å². The van der Waals surface area contributed by atoms with Crippen molar-refractivity contribution >= 4 is 22.7 Å². The summed E-state index contributed by atoms with van der Waals surface area (Å²) in [6.07, 6.45) is 3.61. The lowest BCUT2D eigenvalue weighted by Gasteiger charge is -2.18. The number of hydrogen-bond donors (Lipinski definition) is 1. The number of nitrogens with zero attached hydrogens (tertiary/aromatic N) is 2. The number of benzene rings is 1. The molecule has 4 nitrogen and oxygen atoms in total. The van der Waals surface area contributed by atoms with Crippen molar-refractivity contribution in [3.05, 3.63) is 81.2 Å². The van der Waals surface area contributed by atoms with Gasteiger partial charge in [-0.05, 0) is 48.2 Å². The largest absolute Gasteiger partial charge is 0.414 e. The number of hydrogen-bond acceptors (Lipinski definition) is 5. The van der Waals surface area contributed by atoms with Gasteiger partial charge in [0.2, 0.25) is 0 Å². The Hall–Kier alpha value is -2.28. The van der Waals surface area contributed by atoms with Crippen LogP contribution < -0.4 is 5.32 Å².